The predicted octanol–water partition coefficient (Wildman–Crippen LogP) is 5.15. The van der Waals surface area contributed by atoms with E-state index in [9.17, 15) is 9.59 Å². The highest BCUT2D eigenvalue weighted by atomic mass is 16.6. The van der Waals surface area contributed by atoms with Crippen LogP contribution in [0.3, 0.4) is 0 Å². The lowest BCUT2D eigenvalue weighted by atomic mass is 10.2. The second-order valence-corrected chi connectivity index (χ2v) is 8.44. The number of nitrogens with zero attached hydrogens (tertiary/aromatic N) is 2. The summed E-state index contributed by atoms with van der Waals surface area (Å²) in [7, 11) is 1.57. The van der Waals surface area contributed by atoms with Crippen LogP contribution < -0.4 is 14.2 Å². The summed E-state index contributed by atoms with van der Waals surface area (Å²) in [5.41, 5.74) is 3.82. The Balaban J connectivity index is 1.72. The average molecular weight is 507 g/mol. The van der Waals surface area contributed by atoms with E-state index in [0.29, 0.717) is 30.3 Å². The fourth-order valence-electron chi connectivity index (χ4n) is 3.62. The topological polar surface area (TPSA) is 87.2 Å². The minimum Gasteiger partial charge on any atom is -0.493 e. The van der Waals surface area contributed by atoms with Gasteiger partial charge in [-0.15, -0.1) is 0 Å². The summed E-state index contributed by atoms with van der Waals surface area (Å²) in [5.74, 6) is 0.985. The van der Waals surface area contributed by atoms with Crippen LogP contribution in [0.2, 0.25) is 0 Å². The Morgan fingerprint density at radius 2 is 1.78 bits per heavy atom. The van der Waals surface area contributed by atoms with Crippen molar-refractivity contribution in [1.82, 2.24) is 9.88 Å². The van der Waals surface area contributed by atoms with Gasteiger partial charge >= 0.3 is 12.1 Å². The molecule has 0 bridgehead atoms. The molecule has 0 N–H and O–H groups in total. The molecule has 3 aromatic rings. The first kappa shape index (κ1) is 27.5. The molecule has 0 aliphatic rings. The molecule has 0 saturated carbocycles. The SMILES string of the molecule is CCOC(=O)CN(Cc1ccc(OC)c(OCCc2ccc(CC)cn2)c1)C(=O)Oc1cccc(C)c1. The molecule has 0 aliphatic heterocycles. The standard InChI is InChI=1S/C29H34N2O6/c1-5-22-10-12-24(30-18-22)14-15-36-27-17-23(11-13-26(27)34-4)19-31(20-28(32)35-6-2)29(33)37-25-9-7-8-21(3)16-25/h7-13,16-18H,5-6,14-15,19-20H2,1-4H3. The lowest BCUT2D eigenvalue weighted by Crippen LogP contribution is -2.38. The minimum atomic E-state index is -0.654. The van der Waals surface area contributed by atoms with Gasteiger partial charge < -0.3 is 18.9 Å². The molecule has 37 heavy (non-hydrogen) atoms. The van der Waals surface area contributed by atoms with E-state index in [1.165, 1.54) is 10.5 Å². The van der Waals surface area contributed by atoms with Gasteiger partial charge in [-0.3, -0.25) is 14.7 Å². The molecule has 0 saturated heterocycles. The van der Waals surface area contributed by atoms with E-state index < -0.39 is 12.1 Å². The zero-order chi connectivity index (χ0) is 26.6. The van der Waals surface area contributed by atoms with E-state index >= 15 is 0 Å². The first-order valence-corrected chi connectivity index (χ1v) is 12.3. The summed E-state index contributed by atoms with van der Waals surface area (Å²) in [6.45, 7) is 6.20. The van der Waals surface area contributed by atoms with Gasteiger partial charge in [0.15, 0.2) is 11.5 Å². The van der Waals surface area contributed by atoms with Crippen LogP contribution in [-0.4, -0.2) is 48.8 Å². The zero-order valence-corrected chi connectivity index (χ0v) is 21.9. The number of carbonyl (C=O) groups excluding carboxylic acids is 2. The summed E-state index contributed by atoms with van der Waals surface area (Å²) in [5, 5.41) is 0. The number of aryl methyl sites for hydroxylation is 2. The predicted molar refractivity (Wildman–Crippen MR) is 140 cm³/mol. The maximum atomic E-state index is 13.0. The molecular weight excluding hydrogens is 472 g/mol. The van der Waals surface area contributed by atoms with Crippen molar-refractivity contribution in [3.8, 4) is 17.2 Å². The van der Waals surface area contributed by atoms with Gasteiger partial charge in [0.25, 0.3) is 0 Å². The highest BCUT2D eigenvalue weighted by Crippen LogP contribution is 2.29. The molecule has 3 rings (SSSR count). The third-order valence-corrected chi connectivity index (χ3v) is 5.59. The Labute approximate surface area is 218 Å². The van der Waals surface area contributed by atoms with Crippen molar-refractivity contribution >= 4 is 12.1 Å². The van der Waals surface area contributed by atoms with Gasteiger partial charge in [0.2, 0.25) is 0 Å². The highest BCUT2D eigenvalue weighted by Gasteiger charge is 2.21. The Kier molecular flexibility index (Phi) is 10.3. The zero-order valence-electron chi connectivity index (χ0n) is 21.9. The summed E-state index contributed by atoms with van der Waals surface area (Å²) >= 11 is 0. The fraction of sp³-hybridized carbons (Fsp3) is 0.345. The number of methoxy groups -OCH3 is 1. The Hall–Kier alpha value is -4.07. The smallest absolute Gasteiger partial charge is 0.416 e. The van der Waals surface area contributed by atoms with Crippen molar-refractivity contribution in [3.05, 3.63) is 83.2 Å². The van der Waals surface area contributed by atoms with Gasteiger partial charge in [-0.2, -0.15) is 0 Å². The van der Waals surface area contributed by atoms with Gasteiger partial charge in [0, 0.05) is 24.9 Å². The van der Waals surface area contributed by atoms with Crippen molar-refractivity contribution in [2.45, 2.75) is 40.2 Å². The average Bonchev–Trinajstić information content (AvgIpc) is 2.89. The summed E-state index contributed by atoms with van der Waals surface area (Å²) in [4.78, 5) is 31.0. The molecule has 2 aromatic carbocycles. The number of pyridine rings is 1. The van der Waals surface area contributed by atoms with Gasteiger partial charge in [-0.05, 0) is 67.3 Å². The summed E-state index contributed by atoms with van der Waals surface area (Å²) in [6, 6.07) is 16.6. The minimum absolute atomic E-state index is 0.115. The van der Waals surface area contributed by atoms with Crippen LogP contribution in [0.4, 0.5) is 4.79 Å². The van der Waals surface area contributed by atoms with Gasteiger partial charge in [0.1, 0.15) is 12.3 Å². The van der Waals surface area contributed by atoms with E-state index in [2.05, 4.69) is 18.0 Å². The molecule has 8 heteroatoms. The lowest BCUT2D eigenvalue weighted by molar-refractivity contribution is -0.144. The number of amides is 1. The van der Waals surface area contributed by atoms with E-state index in [4.69, 9.17) is 18.9 Å². The Bertz CT molecular complexity index is 1180. The molecule has 1 aromatic heterocycles. The third kappa shape index (κ3) is 8.52. The third-order valence-electron chi connectivity index (χ3n) is 5.59. The second kappa shape index (κ2) is 13.9. The van der Waals surface area contributed by atoms with Crippen molar-refractivity contribution < 1.29 is 28.5 Å². The highest BCUT2D eigenvalue weighted by molar-refractivity contribution is 5.79. The van der Waals surface area contributed by atoms with Crippen LogP contribution in [0.1, 0.15) is 36.2 Å². The van der Waals surface area contributed by atoms with Crippen LogP contribution in [-0.2, 0) is 28.9 Å². The molecule has 1 heterocycles. The van der Waals surface area contributed by atoms with E-state index in [1.807, 2.05) is 31.3 Å². The molecule has 0 unspecified atom stereocenters. The quantitative estimate of drug-likeness (QED) is 0.314. The van der Waals surface area contributed by atoms with Crippen molar-refractivity contribution in [2.24, 2.45) is 0 Å². The van der Waals surface area contributed by atoms with Crippen LogP contribution in [0.15, 0.2) is 60.8 Å². The maximum absolute atomic E-state index is 13.0. The van der Waals surface area contributed by atoms with Crippen molar-refractivity contribution in [1.29, 1.82) is 0 Å². The second-order valence-electron chi connectivity index (χ2n) is 8.44. The van der Waals surface area contributed by atoms with Crippen LogP contribution in [0.25, 0.3) is 0 Å². The maximum Gasteiger partial charge on any atom is 0.416 e. The summed E-state index contributed by atoms with van der Waals surface area (Å²) < 4.78 is 22.1. The van der Waals surface area contributed by atoms with Crippen LogP contribution in [0.5, 0.6) is 17.2 Å². The Morgan fingerprint density at radius 1 is 0.973 bits per heavy atom. The molecule has 0 atom stereocenters. The Morgan fingerprint density at radius 3 is 2.46 bits per heavy atom. The first-order valence-electron chi connectivity index (χ1n) is 12.3. The molecule has 0 fully saturated rings. The molecular formula is C29H34N2O6. The van der Waals surface area contributed by atoms with E-state index in [-0.39, 0.29) is 19.7 Å². The number of esters is 1. The monoisotopic (exact) mass is 506 g/mol. The fourth-order valence-corrected chi connectivity index (χ4v) is 3.62. The molecule has 1 amide bonds. The van der Waals surface area contributed by atoms with E-state index in [1.54, 1.807) is 44.4 Å². The van der Waals surface area contributed by atoms with Crippen LogP contribution >= 0.6 is 0 Å². The van der Waals surface area contributed by atoms with Crippen LogP contribution in [0, 0.1) is 6.92 Å². The number of ether oxygens (including phenoxy) is 4. The first-order chi connectivity index (χ1) is 17.9. The van der Waals surface area contributed by atoms with Gasteiger partial charge in [-0.1, -0.05) is 31.2 Å². The lowest BCUT2D eigenvalue weighted by Gasteiger charge is -2.22. The van der Waals surface area contributed by atoms with Gasteiger partial charge in [0.05, 0.1) is 20.3 Å². The number of hydrogen-bond donors (Lipinski definition) is 0. The number of aromatic nitrogens is 1. The van der Waals surface area contributed by atoms with Crippen molar-refractivity contribution in [2.75, 3.05) is 26.9 Å². The number of carbonyl (C=O) groups is 2. The van der Waals surface area contributed by atoms with E-state index in [0.717, 1.165) is 23.2 Å². The number of rotatable bonds is 12. The largest absolute Gasteiger partial charge is 0.493 e. The normalized spacial score (nSPS) is 10.5. The molecule has 0 spiro atoms. The van der Waals surface area contributed by atoms with Gasteiger partial charge in [-0.25, -0.2) is 4.79 Å². The molecule has 196 valence electrons. The molecule has 0 radical (unpaired) electrons. The number of benzene rings is 2. The molecule has 8 nitrogen and oxygen atoms in total. The number of hydrogen-bond acceptors (Lipinski definition) is 7. The molecule has 0 aliphatic carbocycles. The van der Waals surface area contributed by atoms with Crippen molar-refractivity contribution in [3.63, 3.8) is 0 Å². The summed E-state index contributed by atoms with van der Waals surface area (Å²) in [6.07, 6.45) is 2.80.